The lowest BCUT2D eigenvalue weighted by molar-refractivity contribution is -0.122. The summed E-state index contributed by atoms with van der Waals surface area (Å²) < 4.78 is 2.44. The van der Waals surface area contributed by atoms with Crippen molar-refractivity contribution >= 4 is 38.4 Å². The first-order valence-corrected chi connectivity index (χ1v) is 10.9. The van der Waals surface area contributed by atoms with Gasteiger partial charge in [0, 0.05) is 22.9 Å². The monoisotopic (exact) mass is 406 g/mol. The number of thiophene rings is 1. The van der Waals surface area contributed by atoms with Crippen molar-refractivity contribution in [2.24, 2.45) is 0 Å². The normalized spacial score (nSPS) is 19.6. The van der Waals surface area contributed by atoms with Crippen molar-refractivity contribution in [3.63, 3.8) is 0 Å². The number of hydrogen-bond donors (Lipinski definition) is 2. The minimum absolute atomic E-state index is 0.0520. The number of benzene rings is 1. The molecule has 1 fully saturated rings. The summed E-state index contributed by atoms with van der Waals surface area (Å²) in [6.45, 7) is 0.0520. The van der Waals surface area contributed by atoms with Crippen LogP contribution in [0.2, 0.25) is 0 Å². The summed E-state index contributed by atoms with van der Waals surface area (Å²) in [5.74, 6) is 1.20. The average Bonchev–Trinajstić information content (AvgIpc) is 3.37. The molecule has 2 atom stereocenters. The van der Waals surface area contributed by atoms with Gasteiger partial charge in [0.25, 0.3) is 5.56 Å². The number of pyridine rings is 1. The Balaban J connectivity index is 1.26. The van der Waals surface area contributed by atoms with Crippen LogP contribution in [0.3, 0.4) is 0 Å². The topological polar surface area (TPSA) is 79.8 Å². The van der Waals surface area contributed by atoms with E-state index in [4.69, 9.17) is 4.98 Å². The standard InChI is InChI=1S/C22H22N4O2S/c27-20(13-26-10-8-19-16(22(26)28)9-11-29-19)23-15-5-3-4-14(12-15)21-24-17-6-1-2-7-18(17)25-21/h1-2,6-11,14-15H,3-5,12-13H2,(H,23,27)(H,24,25). The highest BCUT2D eigenvalue weighted by atomic mass is 32.1. The number of para-hydroxylation sites is 2. The van der Waals surface area contributed by atoms with Crippen LogP contribution in [0.4, 0.5) is 0 Å². The molecule has 1 aromatic carbocycles. The second-order valence-electron chi connectivity index (χ2n) is 7.71. The third-order valence-electron chi connectivity index (χ3n) is 5.74. The molecule has 0 bridgehead atoms. The fourth-order valence-corrected chi connectivity index (χ4v) is 5.07. The Bertz CT molecular complexity index is 1210. The van der Waals surface area contributed by atoms with Crippen LogP contribution in [0.15, 0.2) is 52.8 Å². The van der Waals surface area contributed by atoms with Crippen molar-refractivity contribution in [1.29, 1.82) is 0 Å². The molecule has 0 aliphatic heterocycles. The lowest BCUT2D eigenvalue weighted by atomic mass is 9.85. The number of nitrogens with zero attached hydrogens (tertiary/aromatic N) is 2. The second kappa shape index (κ2) is 7.48. The van der Waals surface area contributed by atoms with Gasteiger partial charge >= 0.3 is 0 Å². The minimum Gasteiger partial charge on any atom is -0.352 e. The Labute approximate surface area is 171 Å². The number of amides is 1. The van der Waals surface area contributed by atoms with Crippen molar-refractivity contribution in [3.05, 3.63) is 64.2 Å². The van der Waals surface area contributed by atoms with Crippen molar-refractivity contribution in [2.45, 2.75) is 44.2 Å². The van der Waals surface area contributed by atoms with Crippen molar-refractivity contribution in [3.8, 4) is 0 Å². The number of aromatic amines is 1. The van der Waals surface area contributed by atoms with Gasteiger partial charge in [0.1, 0.15) is 12.4 Å². The van der Waals surface area contributed by atoms with E-state index in [1.807, 2.05) is 41.8 Å². The zero-order valence-corrected chi connectivity index (χ0v) is 16.7. The number of fused-ring (bicyclic) bond motifs is 2. The summed E-state index contributed by atoms with van der Waals surface area (Å²) in [4.78, 5) is 33.3. The quantitative estimate of drug-likeness (QED) is 0.541. The minimum atomic E-state index is -0.114. The van der Waals surface area contributed by atoms with E-state index in [2.05, 4.69) is 10.3 Å². The van der Waals surface area contributed by atoms with Gasteiger partial charge < -0.3 is 14.9 Å². The Kier molecular flexibility index (Phi) is 4.67. The number of hydrogen-bond acceptors (Lipinski definition) is 4. The molecule has 0 radical (unpaired) electrons. The maximum Gasteiger partial charge on any atom is 0.259 e. The number of imidazole rings is 1. The molecule has 3 aromatic heterocycles. The average molecular weight is 407 g/mol. The Morgan fingerprint density at radius 3 is 3.03 bits per heavy atom. The summed E-state index contributed by atoms with van der Waals surface area (Å²) >= 11 is 1.53. The molecule has 4 aromatic rings. The molecule has 1 aliphatic carbocycles. The zero-order valence-electron chi connectivity index (χ0n) is 15.9. The first-order valence-electron chi connectivity index (χ1n) is 9.98. The van der Waals surface area contributed by atoms with Gasteiger partial charge in [0.2, 0.25) is 5.91 Å². The first kappa shape index (κ1) is 18.1. The van der Waals surface area contributed by atoms with Crippen LogP contribution >= 0.6 is 11.3 Å². The van der Waals surface area contributed by atoms with Gasteiger partial charge in [0.05, 0.1) is 16.4 Å². The Hall–Kier alpha value is -2.93. The molecule has 6 nitrogen and oxygen atoms in total. The van der Waals surface area contributed by atoms with E-state index in [9.17, 15) is 9.59 Å². The number of carbonyl (C=O) groups is 1. The van der Waals surface area contributed by atoms with E-state index in [0.29, 0.717) is 11.3 Å². The summed E-state index contributed by atoms with van der Waals surface area (Å²) in [7, 11) is 0. The molecule has 2 N–H and O–H groups in total. The molecule has 0 spiro atoms. The SMILES string of the molecule is O=C(Cn1ccc2sccc2c1=O)NC1CCCC(c2nc3ccccc3[nH]2)C1. The van der Waals surface area contributed by atoms with Crippen LogP contribution in [0, 0.1) is 0 Å². The fraction of sp³-hybridized carbons (Fsp3) is 0.318. The molecule has 148 valence electrons. The molecule has 1 aliphatic rings. The second-order valence-corrected chi connectivity index (χ2v) is 8.66. The number of nitrogens with one attached hydrogen (secondary N) is 2. The lowest BCUT2D eigenvalue weighted by Crippen LogP contribution is -2.41. The summed E-state index contributed by atoms with van der Waals surface area (Å²) in [6, 6.07) is 11.9. The van der Waals surface area contributed by atoms with E-state index < -0.39 is 0 Å². The molecule has 1 saturated carbocycles. The third kappa shape index (κ3) is 3.58. The van der Waals surface area contributed by atoms with E-state index in [1.165, 1.54) is 15.9 Å². The maximum absolute atomic E-state index is 12.6. The Morgan fingerprint density at radius 2 is 2.14 bits per heavy atom. The van der Waals surface area contributed by atoms with E-state index >= 15 is 0 Å². The third-order valence-corrected chi connectivity index (χ3v) is 6.62. The highest BCUT2D eigenvalue weighted by Crippen LogP contribution is 2.32. The van der Waals surface area contributed by atoms with E-state index in [0.717, 1.165) is 47.2 Å². The van der Waals surface area contributed by atoms with Gasteiger partial charge in [-0.15, -0.1) is 11.3 Å². The maximum atomic E-state index is 12.6. The van der Waals surface area contributed by atoms with Crippen molar-refractivity contribution in [2.75, 3.05) is 0 Å². The molecule has 5 rings (SSSR count). The van der Waals surface area contributed by atoms with Gasteiger partial charge in [-0.25, -0.2) is 4.98 Å². The fourth-order valence-electron chi connectivity index (χ4n) is 4.29. The highest BCUT2D eigenvalue weighted by Gasteiger charge is 2.26. The highest BCUT2D eigenvalue weighted by molar-refractivity contribution is 7.17. The van der Waals surface area contributed by atoms with Crippen molar-refractivity contribution in [1.82, 2.24) is 19.9 Å². The van der Waals surface area contributed by atoms with Crippen LogP contribution in [-0.4, -0.2) is 26.5 Å². The van der Waals surface area contributed by atoms with E-state index in [1.54, 1.807) is 6.20 Å². The number of aromatic nitrogens is 3. The smallest absolute Gasteiger partial charge is 0.259 e. The lowest BCUT2D eigenvalue weighted by Gasteiger charge is -2.28. The zero-order chi connectivity index (χ0) is 19.8. The van der Waals surface area contributed by atoms with Crippen LogP contribution in [0.5, 0.6) is 0 Å². The van der Waals surface area contributed by atoms with E-state index in [-0.39, 0.29) is 24.1 Å². The summed E-state index contributed by atoms with van der Waals surface area (Å²) in [5, 5.41) is 5.71. The van der Waals surface area contributed by atoms with Crippen LogP contribution in [0.1, 0.15) is 37.4 Å². The first-order chi connectivity index (χ1) is 14.2. The van der Waals surface area contributed by atoms with Gasteiger partial charge in [0.15, 0.2) is 0 Å². The molecule has 0 saturated heterocycles. The largest absolute Gasteiger partial charge is 0.352 e. The number of H-pyrrole nitrogens is 1. The number of carbonyl (C=O) groups excluding carboxylic acids is 1. The molecule has 2 unspecified atom stereocenters. The molecule has 29 heavy (non-hydrogen) atoms. The van der Waals surface area contributed by atoms with Crippen LogP contribution in [-0.2, 0) is 11.3 Å². The van der Waals surface area contributed by atoms with Gasteiger partial charge in [-0.1, -0.05) is 18.6 Å². The Morgan fingerprint density at radius 1 is 1.24 bits per heavy atom. The molecule has 7 heteroatoms. The van der Waals surface area contributed by atoms with Crippen LogP contribution in [0.25, 0.3) is 21.1 Å². The molecular weight excluding hydrogens is 384 g/mol. The van der Waals surface area contributed by atoms with Crippen molar-refractivity contribution < 1.29 is 4.79 Å². The summed E-state index contributed by atoms with van der Waals surface area (Å²) in [5.41, 5.74) is 1.93. The number of rotatable bonds is 4. The molecular formula is C22H22N4O2S. The predicted molar refractivity (Wildman–Crippen MR) is 115 cm³/mol. The molecule has 1 amide bonds. The van der Waals surface area contributed by atoms with Crippen LogP contribution < -0.4 is 10.9 Å². The predicted octanol–water partition coefficient (Wildman–Crippen LogP) is 3.78. The summed E-state index contributed by atoms with van der Waals surface area (Å²) in [6.07, 6.45) is 5.65. The molecule has 3 heterocycles. The van der Waals surface area contributed by atoms with Gasteiger partial charge in [-0.3, -0.25) is 9.59 Å². The van der Waals surface area contributed by atoms with Gasteiger partial charge in [-0.05, 0) is 48.9 Å². The van der Waals surface area contributed by atoms with Gasteiger partial charge in [-0.2, -0.15) is 0 Å².